The maximum absolute atomic E-state index is 12.9. The van der Waals surface area contributed by atoms with Crippen molar-refractivity contribution in [3.8, 4) is 11.8 Å². The molecule has 1 aromatic carbocycles. The van der Waals surface area contributed by atoms with E-state index in [-0.39, 0.29) is 12.1 Å². The van der Waals surface area contributed by atoms with Gasteiger partial charge in [0.2, 0.25) is 0 Å². The highest BCUT2D eigenvalue weighted by Gasteiger charge is 2.20. The van der Waals surface area contributed by atoms with Gasteiger partial charge in [0.1, 0.15) is 11.4 Å². The molecule has 18 heavy (non-hydrogen) atoms. The molecule has 1 rings (SSSR count). The van der Waals surface area contributed by atoms with Gasteiger partial charge in [0, 0.05) is 13.0 Å². The lowest BCUT2D eigenvalue weighted by atomic mass is 10.1. The van der Waals surface area contributed by atoms with Crippen molar-refractivity contribution >= 4 is 11.6 Å². The van der Waals surface area contributed by atoms with Crippen LogP contribution in [-0.2, 0) is 0 Å². The van der Waals surface area contributed by atoms with Crippen molar-refractivity contribution in [3.63, 3.8) is 0 Å². The summed E-state index contributed by atoms with van der Waals surface area (Å²) >= 11 is 0. The molecular weight excluding hydrogens is 239 g/mol. The van der Waals surface area contributed by atoms with Crippen molar-refractivity contribution in [1.82, 2.24) is 5.32 Å². The van der Waals surface area contributed by atoms with Crippen LogP contribution in [0.25, 0.3) is 0 Å². The quantitative estimate of drug-likeness (QED) is 0.384. The predicted octanol–water partition coefficient (Wildman–Crippen LogP) is 1.88. The number of nitrogens with zero attached hydrogens (tertiary/aromatic N) is 1. The first-order valence-electron chi connectivity index (χ1n) is 5.18. The van der Waals surface area contributed by atoms with E-state index in [0.29, 0.717) is 6.42 Å². The normalized spacial score (nSPS) is 9.22. The van der Waals surface area contributed by atoms with E-state index in [1.807, 2.05) is 0 Å². The van der Waals surface area contributed by atoms with Crippen molar-refractivity contribution in [3.05, 3.63) is 39.7 Å². The third-order valence-electron chi connectivity index (χ3n) is 2.11. The number of nitro groups is 1. The van der Waals surface area contributed by atoms with E-state index in [9.17, 15) is 19.3 Å². The van der Waals surface area contributed by atoms with Gasteiger partial charge < -0.3 is 5.32 Å². The molecule has 0 spiro atoms. The number of nitro benzene ring substituents is 1. The van der Waals surface area contributed by atoms with Crippen molar-refractivity contribution < 1.29 is 14.1 Å². The molecule has 0 fully saturated rings. The zero-order chi connectivity index (χ0) is 13.5. The Kier molecular flexibility index (Phi) is 4.81. The number of halogens is 1. The van der Waals surface area contributed by atoms with Gasteiger partial charge >= 0.3 is 0 Å². The summed E-state index contributed by atoms with van der Waals surface area (Å²) in [5, 5.41) is 13.2. The lowest BCUT2D eigenvalue weighted by Gasteiger charge is -2.04. The van der Waals surface area contributed by atoms with Crippen LogP contribution in [0.3, 0.4) is 0 Å². The maximum Gasteiger partial charge on any atom is 0.285 e. The minimum atomic E-state index is -0.788. The van der Waals surface area contributed by atoms with Crippen LogP contribution in [0.4, 0.5) is 10.1 Å². The molecule has 94 valence electrons. The second-order valence-corrected chi connectivity index (χ2v) is 3.35. The summed E-state index contributed by atoms with van der Waals surface area (Å²) in [5.41, 5.74) is -0.708. The average Bonchev–Trinajstić information content (AvgIpc) is 2.34. The van der Waals surface area contributed by atoms with Crippen LogP contribution in [0.5, 0.6) is 0 Å². The van der Waals surface area contributed by atoms with Gasteiger partial charge in [-0.2, -0.15) is 0 Å². The Labute approximate surface area is 103 Å². The van der Waals surface area contributed by atoms with Gasteiger partial charge in [-0.05, 0) is 19.1 Å². The van der Waals surface area contributed by atoms with E-state index in [0.717, 1.165) is 18.2 Å². The van der Waals surface area contributed by atoms with Crippen molar-refractivity contribution in [1.29, 1.82) is 0 Å². The third kappa shape index (κ3) is 3.56. The summed E-state index contributed by atoms with van der Waals surface area (Å²) < 4.78 is 12.9. The summed E-state index contributed by atoms with van der Waals surface area (Å²) in [5.74, 6) is 4.04. The van der Waals surface area contributed by atoms with Gasteiger partial charge in [0.25, 0.3) is 11.6 Å². The van der Waals surface area contributed by atoms with Crippen LogP contribution < -0.4 is 5.32 Å². The summed E-state index contributed by atoms with van der Waals surface area (Å²) in [6, 6.07) is 2.82. The minimum Gasteiger partial charge on any atom is -0.351 e. The number of rotatable bonds is 4. The van der Waals surface area contributed by atoms with Crippen LogP contribution in [0, 0.1) is 27.8 Å². The molecular formula is C12H11FN2O3. The number of carbonyl (C=O) groups is 1. The molecule has 0 saturated heterocycles. The first kappa shape index (κ1) is 13.6. The van der Waals surface area contributed by atoms with Crippen molar-refractivity contribution in [2.45, 2.75) is 13.3 Å². The molecule has 0 unspecified atom stereocenters. The molecule has 0 saturated carbocycles. The smallest absolute Gasteiger partial charge is 0.285 e. The topological polar surface area (TPSA) is 72.2 Å². The highest BCUT2D eigenvalue weighted by Crippen LogP contribution is 2.19. The summed E-state index contributed by atoms with van der Waals surface area (Å²) in [4.78, 5) is 21.6. The van der Waals surface area contributed by atoms with Gasteiger partial charge in [0.05, 0.1) is 11.0 Å². The van der Waals surface area contributed by atoms with E-state index in [2.05, 4.69) is 17.2 Å². The van der Waals surface area contributed by atoms with Gasteiger partial charge in [0.15, 0.2) is 0 Å². The Morgan fingerprint density at radius 1 is 1.56 bits per heavy atom. The van der Waals surface area contributed by atoms with Gasteiger partial charge in [-0.15, -0.1) is 11.8 Å². The van der Waals surface area contributed by atoms with Gasteiger partial charge in [-0.3, -0.25) is 14.9 Å². The fourth-order valence-electron chi connectivity index (χ4n) is 1.31. The molecule has 1 N–H and O–H groups in total. The zero-order valence-electron chi connectivity index (χ0n) is 9.70. The van der Waals surface area contributed by atoms with Crippen molar-refractivity contribution in [2.75, 3.05) is 6.54 Å². The number of amides is 1. The van der Waals surface area contributed by atoms with E-state index in [1.165, 1.54) is 0 Å². The Balaban J connectivity index is 2.84. The molecule has 0 atom stereocenters. The monoisotopic (exact) mass is 250 g/mol. The number of carbonyl (C=O) groups excluding carboxylic acids is 1. The SMILES string of the molecule is CC#CCCNC(=O)c1ccc(F)cc1[N+](=O)[O-]. The molecule has 0 heterocycles. The van der Waals surface area contributed by atoms with Crippen LogP contribution in [0.2, 0.25) is 0 Å². The number of benzene rings is 1. The van der Waals surface area contributed by atoms with Gasteiger partial charge in [-0.1, -0.05) is 0 Å². The number of nitrogens with one attached hydrogen (secondary N) is 1. The summed E-state index contributed by atoms with van der Waals surface area (Å²) in [6.45, 7) is 1.96. The van der Waals surface area contributed by atoms with Crippen LogP contribution in [0.1, 0.15) is 23.7 Å². The molecule has 0 aliphatic carbocycles. The predicted molar refractivity (Wildman–Crippen MR) is 63.5 cm³/mol. The largest absolute Gasteiger partial charge is 0.351 e. The molecule has 0 bridgehead atoms. The summed E-state index contributed by atoms with van der Waals surface area (Å²) in [6.07, 6.45) is 0.456. The maximum atomic E-state index is 12.9. The fourth-order valence-corrected chi connectivity index (χ4v) is 1.31. The second-order valence-electron chi connectivity index (χ2n) is 3.35. The third-order valence-corrected chi connectivity index (χ3v) is 2.11. The Morgan fingerprint density at radius 2 is 2.28 bits per heavy atom. The zero-order valence-corrected chi connectivity index (χ0v) is 9.70. The van der Waals surface area contributed by atoms with Gasteiger partial charge in [-0.25, -0.2) is 4.39 Å². The van der Waals surface area contributed by atoms with Crippen LogP contribution >= 0.6 is 0 Å². The molecule has 1 aromatic rings. The molecule has 0 radical (unpaired) electrons. The van der Waals surface area contributed by atoms with Crippen LogP contribution in [-0.4, -0.2) is 17.4 Å². The number of hydrogen-bond donors (Lipinski definition) is 1. The molecule has 1 amide bonds. The summed E-state index contributed by atoms with van der Waals surface area (Å²) in [7, 11) is 0. The second kappa shape index (κ2) is 6.35. The average molecular weight is 250 g/mol. The molecule has 5 nitrogen and oxygen atoms in total. The minimum absolute atomic E-state index is 0.161. The standard InChI is InChI=1S/C12H11FN2O3/c1-2-3-4-7-14-12(16)10-6-5-9(13)8-11(10)15(17)18/h5-6,8H,4,7H2,1H3,(H,14,16). The lowest BCUT2D eigenvalue weighted by molar-refractivity contribution is -0.385. The highest BCUT2D eigenvalue weighted by molar-refractivity contribution is 5.98. The van der Waals surface area contributed by atoms with E-state index < -0.39 is 22.3 Å². The Bertz CT molecular complexity index is 532. The highest BCUT2D eigenvalue weighted by atomic mass is 19.1. The molecule has 0 aliphatic rings. The number of hydrogen-bond acceptors (Lipinski definition) is 3. The molecule has 0 aliphatic heterocycles. The van der Waals surface area contributed by atoms with E-state index >= 15 is 0 Å². The Morgan fingerprint density at radius 3 is 2.89 bits per heavy atom. The fraction of sp³-hybridized carbons (Fsp3) is 0.250. The molecule has 6 heteroatoms. The first-order valence-corrected chi connectivity index (χ1v) is 5.18. The lowest BCUT2D eigenvalue weighted by Crippen LogP contribution is -2.25. The molecule has 0 aromatic heterocycles. The van der Waals surface area contributed by atoms with Crippen molar-refractivity contribution in [2.24, 2.45) is 0 Å². The van der Waals surface area contributed by atoms with E-state index in [1.54, 1.807) is 6.92 Å². The Hall–Kier alpha value is -2.42. The first-order chi connectivity index (χ1) is 8.56. The van der Waals surface area contributed by atoms with E-state index in [4.69, 9.17) is 0 Å². The van der Waals surface area contributed by atoms with Crippen LogP contribution in [0.15, 0.2) is 18.2 Å².